The van der Waals surface area contributed by atoms with Gasteiger partial charge in [0.1, 0.15) is 13.2 Å². The van der Waals surface area contributed by atoms with Crippen LogP contribution in [0.2, 0.25) is 0 Å². The van der Waals surface area contributed by atoms with Gasteiger partial charge in [-0.15, -0.1) is 0 Å². The Balaban J connectivity index is 1.70. The minimum absolute atomic E-state index is 0.0750. The molecule has 15 nitrogen and oxygen atoms in total. The first-order valence-corrected chi connectivity index (χ1v) is 17.0. The zero-order chi connectivity index (χ0) is 35.3. The minimum atomic E-state index is -0.412. The lowest BCUT2D eigenvalue weighted by atomic mass is 10.2. The van der Waals surface area contributed by atoms with Crippen LogP contribution in [0.15, 0.2) is 24.3 Å². The molecule has 0 spiro atoms. The summed E-state index contributed by atoms with van der Waals surface area (Å²) in [6, 6.07) is 7.27. The van der Waals surface area contributed by atoms with Crippen molar-refractivity contribution < 1.29 is 66.4 Å². The molecule has 0 unspecified atom stereocenters. The highest BCUT2D eigenvalue weighted by atomic mass is 16.6. The fourth-order valence-corrected chi connectivity index (χ4v) is 3.60. The van der Waals surface area contributed by atoms with Gasteiger partial charge < -0.3 is 62.2 Å². The summed E-state index contributed by atoms with van der Waals surface area (Å²) in [6.07, 6.45) is 2.24. The summed E-state index contributed by atoms with van der Waals surface area (Å²) in [5, 5.41) is 3.31. The first-order valence-electron chi connectivity index (χ1n) is 17.0. The van der Waals surface area contributed by atoms with Crippen molar-refractivity contribution in [3.8, 4) is 0 Å². The summed E-state index contributed by atoms with van der Waals surface area (Å²) >= 11 is 0. The minimum Gasteiger partial charge on any atom is -0.467 e. The van der Waals surface area contributed by atoms with Gasteiger partial charge in [-0.3, -0.25) is 0 Å². The lowest BCUT2D eigenvalue weighted by Crippen LogP contribution is -2.16. The van der Waals surface area contributed by atoms with Gasteiger partial charge in [0.05, 0.1) is 138 Å². The molecule has 1 N–H and O–H groups in total. The number of carbonyl (C=O) groups excluding carboxylic acids is 2. The van der Waals surface area contributed by atoms with Gasteiger partial charge in [-0.05, 0) is 30.7 Å². The van der Waals surface area contributed by atoms with Crippen molar-refractivity contribution in [3.05, 3.63) is 29.8 Å². The van der Waals surface area contributed by atoms with E-state index in [-0.39, 0.29) is 19.2 Å². The Kier molecular flexibility index (Phi) is 32.2. The van der Waals surface area contributed by atoms with Gasteiger partial charge in [0, 0.05) is 12.2 Å². The molecule has 0 aromatic heterocycles. The number of hydrogen-bond donors (Lipinski definition) is 1. The van der Waals surface area contributed by atoms with Gasteiger partial charge in [0.25, 0.3) is 0 Å². The molecule has 0 aliphatic heterocycles. The molecular weight excluding hydrogens is 646 g/mol. The topological polar surface area (TPSA) is 157 Å². The molecule has 0 aliphatic rings. The van der Waals surface area contributed by atoms with Crippen molar-refractivity contribution >= 4 is 17.6 Å². The summed E-state index contributed by atoms with van der Waals surface area (Å²) < 4.78 is 63.7. The summed E-state index contributed by atoms with van der Waals surface area (Å²) in [6.45, 7) is 11.6. The Morgan fingerprint density at radius 3 is 1.20 bits per heavy atom. The molecule has 284 valence electrons. The van der Waals surface area contributed by atoms with Crippen LogP contribution < -0.4 is 5.32 Å². The van der Waals surface area contributed by atoms with E-state index in [9.17, 15) is 9.59 Å². The quantitative estimate of drug-likeness (QED) is 0.0795. The summed E-state index contributed by atoms with van der Waals surface area (Å²) in [7, 11) is 1.31. The molecule has 0 bridgehead atoms. The number of benzene rings is 1. The van der Waals surface area contributed by atoms with Gasteiger partial charge in [0.15, 0.2) is 0 Å². The van der Waals surface area contributed by atoms with E-state index in [0.717, 1.165) is 25.1 Å². The Bertz CT molecular complexity index is 877. The molecule has 0 aliphatic carbocycles. The van der Waals surface area contributed by atoms with Gasteiger partial charge in [0.2, 0.25) is 0 Å². The number of unbranched alkanes of at least 4 members (excludes halogenated alkanes) is 1. The van der Waals surface area contributed by atoms with Crippen LogP contribution in [0.4, 0.5) is 5.69 Å². The van der Waals surface area contributed by atoms with Gasteiger partial charge in [-0.25, -0.2) is 9.59 Å². The third-order valence-electron chi connectivity index (χ3n) is 6.24. The van der Waals surface area contributed by atoms with Gasteiger partial charge in [-0.1, -0.05) is 13.3 Å². The maximum absolute atomic E-state index is 12.1. The molecule has 0 radical (unpaired) electrons. The van der Waals surface area contributed by atoms with E-state index in [2.05, 4.69) is 17.0 Å². The number of anilines is 1. The largest absolute Gasteiger partial charge is 0.467 e. The second-order valence-electron chi connectivity index (χ2n) is 10.1. The van der Waals surface area contributed by atoms with Crippen molar-refractivity contribution in [2.24, 2.45) is 0 Å². The number of rotatable bonds is 37. The van der Waals surface area contributed by atoms with Crippen LogP contribution in [0.1, 0.15) is 30.1 Å². The highest BCUT2D eigenvalue weighted by Gasteiger charge is 2.07. The van der Waals surface area contributed by atoms with Crippen molar-refractivity contribution in [2.75, 3.05) is 158 Å². The number of ether oxygens (including phenoxy) is 12. The molecule has 0 atom stereocenters. The van der Waals surface area contributed by atoms with E-state index in [1.165, 1.54) is 7.11 Å². The fraction of sp³-hybridized carbons (Fsp3) is 0.765. The van der Waals surface area contributed by atoms with Crippen molar-refractivity contribution in [2.45, 2.75) is 19.8 Å². The average molecular weight is 706 g/mol. The van der Waals surface area contributed by atoms with E-state index in [0.29, 0.717) is 131 Å². The average Bonchev–Trinajstić information content (AvgIpc) is 3.12. The van der Waals surface area contributed by atoms with Crippen LogP contribution in [0.5, 0.6) is 0 Å². The Hall–Kier alpha value is -2.44. The molecule has 0 amide bonds. The zero-order valence-electron chi connectivity index (χ0n) is 29.5. The smallest absolute Gasteiger partial charge is 0.338 e. The standard InChI is InChI=1S/C34H59NO14/c1-3-4-9-35-32-7-5-31(6-8-32)34(37)49-29-28-47-25-24-45-21-20-43-17-16-41-13-12-39-10-11-40-14-15-42-18-19-44-22-23-46-26-27-48-30-33(36)38-2/h5-8,35H,3-4,9-30H2,1-2H3. The SMILES string of the molecule is CCCCNc1ccc(C(=O)OCCOCCOCCOCCOCCOCCOCCOCCOCCOCCOCC(=O)OC)cc1. The second-order valence-corrected chi connectivity index (χ2v) is 10.1. The number of methoxy groups -OCH3 is 1. The van der Waals surface area contributed by atoms with Crippen LogP contribution in [0.25, 0.3) is 0 Å². The Morgan fingerprint density at radius 2 is 0.857 bits per heavy atom. The fourth-order valence-electron chi connectivity index (χ4n) is 3.60. The van der Waals surface area contributed by atoms with Gasteiger partial charge >= 0.3 is 11.9 Å². The molecule has 0 saturated heterocycles. The van der Waals surface area contributed by atoms with Crippen LogP contribution in [0, 0.1) is 0 Å². The van der Waals surface area contributed by atoms with E-state index in [4.69, 9.17) is 52.1 Å². The van der Waals surface area contributed by atoms with E-state index < -0.39 is 5.97 Å². The molecule has 1 aromatic carbocycles. The third-order valence-corrected chi connectivity index (χ3v) is 6.24. The molecule has 1 aromatic rings. The van der Waals surface area contributed by atoms with Crippen LogP contribution in [-0.4, -0.2) is 164 Å². The maximum Gasteiger partial charge on any atom is 0.338 e. The predicted octanol–water partition coefficient (Wildman–Crippen LogP) is 2.39. The summed E-state index contributed by atoms with van der Waals surface area (Å²) in [4.78, 5) is 23.0. The first kappa shape index (κ1) is 44.6. The third kappa shape index (κ3) is 30.1. The number of hydrogen-bond acceptors (Lipinski definition) is 15. The predicted molar refractivity (Wildman–Crippen MR) is 180 cm³/mol. The monoisotopic (exact) mass is 705 g/mol. The summed E-state index contributed by atoms with van der Waals surface area (Å²) in [5.41, 5.74) is 1.51. The second kappa shape index (κ2) is 35.4. The van der Waals surface area contributed by atoms with E-state index in [1.807, 2.05) is 12.1 Å². The lowest BCUT2D eigenvalue weighted by molar-refractivity contribution is -0.146. The van der Waals surface area contributed by atoms with Crippen LogP contribution in [-0.2, 0) is 61.6 Å². The highest BCUT2D eigenvalue weighted by Crippen LogP contribution is 2.10. The van der Waals surface area contributed by atoms with E-state index in [1.54, 1.807) is 12.1 Å². The molecule has 0 fully saturated rings. The van der Waals surface area contributed by atoms with Gasteiger partial charge in [-0.2, -0.15) is 0 Å². The number of nitrogens with one attached hydrogen (secondary N) is 1. The maximum atomic E-state index is 12.1. The number of carbonyl (C=O) groups is 2. The lowest BCUT2D eigenvalue weighted by Gasteiger charge is -2.09. The van der Waals surface area contributed by atoms with Crippen LogP contribution in [0.3, 0.4) is 0 Å². The van der Waals surface area contributed by atoms with Crippen molar-refractivity contribution in [3.63, 3.8) is 0 Å². The Labute approximate surface area is 291 Å². The highest BCUT2D eigenvalue weighted by molar-refractivity contribution is 5.89. The molecule has 49 heavy (non-hydrogen) atoms. The molecular formula is C34H59NO14. The molecule has 0 saturated carbocycles. The molecule has 0 heterocycles. The summed E-state index contributed by atoms with van der Waals surface area (Å²) in [5.74, 6) is -0.777. The number of esters is 2. The molecule has 15 heteroatoms. The normalized spacial score (nSPS) is 11.1. The first-order chi connectivity index (χ1) is 24.2. The van der Waals surface area contributed by atoms with Crippen LogP contribution >= 0.6 is 0 Å². The van der Waals surface area contributed by atoms with Crippen molar-refractivity contribution in [1.82, 2.24) is 0 Å². The molecule has 1 rings (SSSR count). The van der Waals surface area contributed by atoms with E-state index >= 15 is 0 Å². The Morgan fingerprint density at radius 1 is 0.510 bits per heavy atom. The zero-order valence-corrected chi connectivity index (χ0v) is 29.5. The van der Waals surface area contributed by atoms with Crippen molar-refractivity contribution in [1.29, 1.82) is 0 Å².